The number of likely N-dealkylation sites (tertiary alicyclic amines) is 1. The third-order valence-electron chi connectivity index (χ3n) is 6.85. The van der Waals surface area contributed by atoms with E-state index in [1.165, 1.54) is 17.0 Å². The number of rotatable bonds is 8. The lowest BCUT2D eigenvalue weighted by Crippen LogP contribution is -2.29. The minimum Gasteiger partial charge on any atom is -0.507 e. The van der Waals surface area contributed by atoms with Crippen LogP contribution < -0.4 is 9.47 Å². The van der Waals surface area contributed by atoms with Gasteiger partial charge in [0.15, 0.2) is 0 Å². The summed E-state index contributed by atoms with van der Waals surface area (Å²) in [6.07, 6.45) is 1.87. The maximum atomic E-state index is 13.6. The minimum absolute atomic E-state index is 0.0384. The predicted octanol–water partition coefficient (Wildman–Crippen LogP) is 5.74. The second kappa shape index (κ2) is 10.6. The van der Waals surface area contributed by atoms with Gasteiger partial charge in [-0.1, -0.05) is 30.3 Å². The number of carbonyl (C=O) groups is 2. The fourth-order valence-electron chi connectivity index (χ4n) is 5.12. The Morgan fingerprint density at radius 2 is 1.69 bits per heavy atom. The molecule has 7 nitrogen and oxygen atoms in total. The van der Waals surface area contributed by atoms with Crippen LogP contribution in [-0.4, -0.2) is 39.5 Å². The molecule has 0 spiro atoms. The number of para-hydroxylation sites is 1. The van der Waals surface area contributed by atoms with E-state index in [4.69, 9.17) is 9.47 Å². The fraction of sp³-hybridized carbons (Fsp3) is 0.226. The van der Waals surface area contributed by atoms with E-state index in [2.05, 4.69) is 0 Å². The number of nitrogens with zero attached hydrogens (tertiary/aromatic N) is 2. The Labute approximate surface area is 225 Å². The van der Waals surface area contributed by atoms with Crippen LogP contribution in [0.5, 0.6) is 11.5 Å². The molecule has 4 aromatic rings. The van der Waals surface area contributed by atoms with Gasteiger partial charge >= 0.3 is 0 Å². The molecule has 1 aromatic heterocycles. The second-order valence-corrected chi connectivity index (χ2v) is 9.29. The maximum Gasteiger partial charge on any atom is 0.295 e. The van der Waals surface area contributed by atoms with E-state index in [0.29, 0.717) is 35.8 Å². The highest BCUT2D eigenvalue weighted by atomic mass is 19.1. The summed E-state index contributed by atoms with van der Waals surface area (Å²) in [5, 5.41) is 12.5. The molecule has 5 rings (SSSR count). The second-order valence-electron chi connectivity index (χ2n) is 9.29. The van der Waals surface area contributed by atoms with Gasteiger partial charge in [0, 0.05) is 42.3 Å². The zero-order valence-corrected chi connectivity index (χ0v) is 22.0. The molecule has 1 aliphatic rings. The monoisotopic (exact) mass is 528 g/mol. The standard InChI is InChI=1S/C31H29FN2O5/c1-4-38-21-14-15-23(26(16-21)39-5-2)29(35)27-28(24-18-33(3)25-9-7-6-8-22(24)25)34(31(37)30(27)36)17-19-10-12-20(32)13-11-19/h6-16,18,28,35H,4-5,17H2,1-3H3/b29-27+. The van der Waals surface area contributed by atoms with Crippen molar-refractivity contribution in [1.29, 1.82) is 0 Å². The van der Waals surface area contributed by atoms with Crippen molar-refractivity contribution in [3.63, 3.8) is 0 Å². The van der Waals surface area contributed by atoms with Crippen LogP contribution in [0, 0.1) is 5.82 Å². The molecule has 1 saturated heterocycles. The Morgan fingerprint density at radius 1 is 0.974 bits per heavy atom. The summed E-state index contributed by atoms with van der Waals surface area (Å²) in [6, 6.07) is 17.5. The number of benzene rings is 3. The van der Waals surface area contributed by atoms with Gasteiger partial charge < -0.3 is 24.0 Å². The number of ether oxygens (including phenoxy) is 2. The Bertz CT molecular complexity index is 1590. The highest BCUT2D eigenvalue weighted by molar-refractivity contribution is 6.46. The maximum absolute atomic E-state index is 13.6. The number of aliphatic hydroxyl groups is 1. The summed E-state index contributed by atoms with van der Waals surface area (Å²) in [4.78, 5) is 28.5. The number of amides is 1. The topological polar surface area (TPSA) is 81.0 Å². The number of Topliss-reactive ketones (excluding diaryl/α,β-unsaturated/α-hetero) is 1. The highest BCUT2D eigenvalue weighted by Gasteiger charge is 2.47. The summed E-state index contributed by atoms with van der Waals surface area (Å²) in [5.41, 5.74) is 2.50. The van der Waals surface area contributed by atoms with Gasteiger partial charge in [-0.3, -0.25) is 9.59 Å². The van der Waals surface area contributed by atoms with Gasteiger partial charge in [-0.2, -0.15) is 0 Å². The largest absolute Gasteiger partial charge is 0.507 e. The van der Waals surface area contributed by atoms with Gasteiger partial charge in [-0.05, 0) is 49.7 Å². The molecule has 3 aromatic carbocycles. The first-order valence-electron chi connectivity index (χ1n) is 12.8. The van der Waals surface area contributed by atoms with Crippen LogP contribution >= 0.6 is 0 Å². The molecule has 0 saturated carbocycles. The van der Waals surface area contributed by atoms with E-state index in [-0.39, 0.29) is 23.4 Å². The van der Waals surface area contributed by atoms with Gasteiger partial charge in [-0.25, -0.2) is 4.39 Å². The smallest absolute Gasteiger partial charge is 0.295 e. The number of aromatic nitrogens is 1. The number of fused-ring (bicyclic) bond motifs is 1. The first kappa shape index (κ1) is 26.0. The van der Waals surface area contributed by atoms with Gasteiger partial charge in [0.25, 0.3) is 11.7 Å². The molecule has 2 heterocycles. The van der Waals surface area contributed by atoms with Gasteiger partial charge in [-0.15, -0.1) is 0 Å². The van der Waals surface area contributed by atoms with Crippen molar-refractivity contribution in [3.8, 4) is 11.5 Å². The first-order valence-corrected chi connectivity index (χ1v) is 12.8. The lowest BCUT2D eigenvalue weighted by Gasteiger charge is -2.25. The summed E-state index contributed by atoms with van der Waals surface area (Å²) in [6.45, 7) is 4.50. The Kier molecular flexibility index (Phi) is 7.11. The number of aryl methyl sites for hydroxylation is 1. The fourth-order valence-corrected chi connectivity index (χ4v) is 5.12. The van der Waals surface area contributed by atoms with Crippen LogP contribution in [0.1, 0.15) is 36.6 Å². The zero-order valence-electron chi connectivity index (χ0n) is 22.0. The van der Waals surface area contributed by atoms with Crippen molar-refractivity contribution in [2.45, 2.75) is 26.4 Å². The van der Waals surface area contributed by atoms with Gasteiger partial charge in [0.05, 0.1) is 30.4 Å². The van der Waals surface area contributed by atoms with Crippen LogP contribution in [0.2, 0.25) is 0 Å². The van der Waals surface area contributed by atoms with Crippen molar-refractivity contribution >= 4 is 28.4 Å². The Hall–Kier alpha value is -4.59. The summed E-state index contributed by atoms with van der Waals surface area (Å²) in [5.74, 6) is -1.39. The summed E-state index contributed by atoms with van der Waals surface area (Å²) in [7, 11) is 1.89. The molecule has 1 aliphatic heterocycles. The van der Waals surface area contributed by atoms with Crippen molar-refractivity contribution in [1.82, 2.24) is 9.47 Å². The van der Waals surface area contributed by atoms with E-state index < -0.39 is 23.5 Å². The number of halogens is 1. The highest BCUT2D eigenvalue weighted by Crippen LogP contribution is 2.44. The summed E-state index contributed by atoms with van der Waals surface area (Å²) < 4.78 is 26.9. The predicted molar refractivity (Wildman–Crippen MR) is 146 cm³/mol. The van der Waals surface area contributed by atoms with E-state index in [9.17, 15) is 19.1 Å². The number of aliphatic hydroxyl groups excluding tert-OH is 1. The molecular formula is C31H29FN2O5. The molecule has 1 amide bonds. The van der Waals surface area contributed by atoms with Gasteiger partial charge in [0.2, 0.25) is 0 Å². The molecule has 200 valence electrons. The van der Waals surface area contributed by atoms with Crippen LogP contribution in [0.3, 0.4) is 0 Å². The lowest BCUT2D eigenvalue weighted by molar-refractivity contribution is -0.140. The van der Waals surface area contributed by atoms with Crippen LogP contribution in [0.4, 0.5) is 4.39 Å². The molecule has 0 radical (unpaired) electrons. The number of hydrogen-bond acceptors (Lipinski definition) is 5. The summed E-state index contributed by atoms with van der Waals surface area (Å²) >= 11 is 0. The van der Waals surface area contributed by atoms with Crippen LogP contribution in [0.25, 0.3) is 16.7 Å². The quantitative estimate of drug-likeness (QED) is 0.179. The molecule has 1 atom stereocenters. The average Bonchev–Trinajstić information content (AvgIpc) is 3.39. The van der Waals surface area contributed by atoms with Crippen LogP contribution in [0.15, 0.2) is 78.5 Å². The van der Waals surface area contributed by atoms with Gasteiger partial charge in [0.1, 0.15) is 23.1 Å². The minimum atomic E-state index is -0.887. The molecule has 39 heavy (non-hydrogen) atoms. The molecular weight excluding hydrogens is 499 g/mol. The molecule has 1 fully saturated rings. The van der Waals surface area contributed by atoms with Crippen LogP contribution in [-0.2, 0) is 23.2 Å². The SMILES string of the molecule is CCOc1ccc(/C(O)=C2\C(=O)C(=O)N(Cc3ccc(F)cc3)C2c2cn(C)c3ccccc23)c(OCC)c1. The van der Waals surface area contributed by atoms with Crippen molar-refractivity contribution in [2.24, 2.45) is 7.05 Å². The normalized spacial score (nSPS) is 16.7. The third kappa shape index (κ3) is 4.74. The molecule has 1 unspecified atom stereocenters. The zero-order chi connectivity index (χ0) is 27.7. The molecule has 0 aliphatic carbocycles. The van der Waals surface area contributed by atoms with Crippen molar-refractivity contribution in [3.05, 3.63) is 101 Å². The number of carbonyl (C=O) groups excluding carboxylic acids is 2. The molecule has 0 bridgehead atoms. The number of ketones is 1. The average molecular weight is 529 g/mol. The molecule has 1 N–H and O–H groups in total. The van der Waals surface area contributed by atoms with Crippen molar-refractivity contribution < 1.29 is 28.6 Å². The number of hydrogen-bond donors (Lipinski definition) is 1. The molecule has 8 heteroatoms. The third-order valence-corrected chi connectivity index (χ3v) is 6.85. The Morgan fingerprint density at radius 3 is 2.41 bits per heavy atom. The Balaban J connectivity index is 1.72. The van der Waals surface area contributed by atoms with E-state index >= 15 is 0 Å². The van der Waals surface area contributed by atoms with Crippen molar-refractivity contribution in [2.75, 3.05) is 13.2 Å². The lowest BCUT2D eigenvalue weighted by atomic mass is 9.94. The first-order chi connectivity index (χ1) is 18.8. The van der Waals surface area contributed by atoms with E-state index in [1.54, 1.807) is 30.3 Å². The van der Waals surface area contributed by atoms with E-state index in [1.807, 2.05) is 55.9 Å². The van der Waals surface area contributed by atoms with E-state index in [0.717, 1.165) is 10.9 Å².